The summed E-state index contributed by atoms with van der Waals surface area (Å²) in [6.45, 7) is 5.30. The van der Waals surface area contributed by atoms with Crippen molar-refractivity contribution in [2.75, 3.05) is 0 Å². The van der Waals surface area contributed by atoms with Crippen LogP contribution in [0.15, 0.2) is 24.3 Å². The van der Waals surface area contributed by atoms with Crippen molar-refractivity contribution in [3.8, 4) is 11.1 Å². The Balaban J connectivity index is 2.81. The van der Waals surface area contributed by atoms with Crippen molar-refractivity contribution in [2.45, 2.75) is 20.8 Å². The third-order valence-corrected chi connectivity index (χ3v) is 3.10. The van der Waals surface area contributed by atoms with E-state index in [2.05, 4.69) is 4.98 Å². The second-order valence-corrected chi connectivity index (χ2v) is 4.40. The highest BCUT2D eigenvalue weighted by Gasteiger charge is 2.20. The van der Waals surface area contributed by atoms with Crippen molar-refractivity contribution in [1.29, 1.82) is 0 Å². The Bertz CT molecular complexity index is 623. The number of aldehydes is 1. The van der Waals surface area contributed by atoms with Crippen molar-refractivity contribution in [3.05, 3.63) is 46.8 Å². The quantitative estimate of drug-likeness (QED) is 0.662. The monoisotopic (exact) mass is 241 g/mol. The number of Topliss-reactive ketones (excluding diaryl/α,β-unsaturated/α-hetero) is 1. The Hall–Kier alpha value is -2.16. The number of aromatic amines is 1. The minimum Gasteiger partial charge on any atom is -0.355 e. The lowest BCUT2D eigenvalue weighted by Crippen LogP contribution is -1.97. The summed E-state index contributed by atoms with van der Waals surface area (Å²) >= 11 is 0. The van der Waals surface area contributed by atoms with Gasteiger partial charge < -0.3 is 4.98 Å². The molecule has 1 aromatic carbocycles. The lowest BCUT2D eigenvalue weighted by Gasteiger charge is -2.07. The van der Waals surface area contributed by atoms with Gasteiger partial charge in [0.2, 0.25) is 0 Å². The molecule has 0 saturated heterocycles. The molecular formula is C15H15NO2. The molecule has 0 radical (unpaired) electrons. The molecule has 3 nitrogen and oxygen atoms in total. The summed E-state index contributed by atoms with van der Waals surface area (Å²) in [4.78, 5) is 25.9. The van der Waals surface area contributed by atoms with E-state index >= 15 is 0 Å². The Kier molecular flexibility index (Phi) is 3.15. The van der Waals surface area contributed by atoms with Crippen LogP contribution in [0.25, 0.3) is 11.1 Å². The molecule has 0 aliphatic heterocycles. The number of hydrogen-bond acceptors (Lipinski definition) is 2. The van der Waals surface area contributed by atoms with Crippen LogP contribution in [0.5, 0.6) is 0 Å². The summed E-state index contributed by atoms with van der Waals surface area (Å²) in [6.07, 6.45) is 0.765. The fourth-order valence-electron chi connectivity index (χ4n) is 2.31. The first-order valence-electron chi connectivity index (χ1n) is 5.81. The molecule has 0 spiro atoms. The molecule has 0 saturated carbocycles. The van der Waals surface area contributed by atoms with Crippen molar-refractivity contribution in [1.82, 2.24) is 4.98 Å². The largest absolute Gasteiger partial charge is 0.355 e. The van der Waals surface area contributed by atoms with E-state index in [9.17, 15) is 9.59 Å². The number of carbonyl (C=O) groups excluding carboxylic acids is 2. The van der Waals surface area contributed by atoms with E-state index in [1.54, 1.807) is 0 Å². The Morgan fingerprint density at radius 2 is 1.89 bits per heavy atom. The zero-order valence-electron chi connectivity index (χ0n) is 10.7. The van der Waals surface area contributed by atoms with Crippen LogP contribution in [-0.4, -0.2) is 17.1 Å². The summed E-state index contributed by atoms with van der Waals surface area (Å²) in [7, 11) is 0. The topological polar surface area (TPSA) is 49.9 Å². The highest BCUT2D eigenvalue weighted by molar-refractivity contribution is 6.06. The maximum absolute atomic E-state index is 11.8. The molecule has 0 bridgehead atoms. The average Bonchev–Trinajstić information content (AvgIpc) is 2.66. The SMILES string of the molecule is CC(=O)c1c(C)[nH]c(C=O)c1-c1ccccc1C. The normalized spacial score (nSPS) is 10.4. The van der Waals surface area contributed by atoms with Gasteiger partial charge in [0.25, 0.3) is 0 Å². The molecule has 1 aromatic heterocycles. The molecule has 3 heteroatoms. The Morgan fingerprint density at radius 3 is 2.44 bits per heavy atom. The molecule has 1 N–H and O–H groups in total. The molecule has 0 atom stereocenters. The van der Waals surface area contributed by atoms with Gasteiger partial charge in [-0.2, -0.15) is 0 Å². The number of aryl methyl sites for hydroxylation is 2. The molecule has 0 aliphatic rings. The minimum absolute atomic E-state index is 0.0323. The lowest BCUT2D eigenvalue weighted by molar-refractivity contribution is 0.101. The molecule has 0 aliphatic carbocycles. The van der Waals surface area contributed by atoms with E-state index in [1.807, 2.05) is 38.1 Å². The van der Waals surface area contributed by atoms with Crippen LogP contribution < -0.4 is 0 Å². The van der Waals surface area contributed by atoms with Gasteiger partial charge in [0.1, 0.15) is 0 Å². The first-order valence-corrected chi connectivity index (χ1v) is 5.81. The van der Waals surface area contributed by atoms with Gasteiger partial charge in [0.05, 0.1) is 5.69 Å². The van der Waals surface area contributed by atoms with E-state index in [1.165, 1.54) is 6.92 Å². The van der Waals surface area contributed by atoms with Crippen LogP contribution in [-0.2, 0) is 0 Å². The second-order valence-electron chi connectivity index (χ2n) is 4.40. The number of nitrogens with one attached hydrogen (secondary N) is 1. The zero-order chi connectivity index (χ0) is 13.3. The van der Waals surface area contributed by atoms with Crippen molar-refractivity contribution in [3.63, 3.8) is 0 Å². The maximum atomic E-state index is 11.8. The van der Waals surface area contributed by atoms with Gasteiger partial charge in [-0.15, -0.1) is 0 Å². The van der Waals surface area contributed by atoms with Crippen LogP contribution in [0.4, 0.5) is 0 Å². The minimum atomic E-state index is -0.0323. The molecule has 0 fully saturated rings. The van der Waals surface area contributed by atoms with E-state index < -0.39 is 0 Å². The summed E-state index contributed by atoms with van der Waals surface area (Å²) in [5.41, 5.74) is 4.49. The standard InChI is InChI=1S/C15H15NO2/c1-9-6-4-5-7-12(9)15-13(8-17)16-10(2)14(15)11(3)18/h4-8,16H,1-3H3. The Morgan fingerprint density at radius 1 is 1.22 bits per heavy atom. The van der Waals surface area contributed by atoms with Gasteiger partial charge in [0, 0.05) is 16.8 Å². The van der Waals surface area contributed by atoms with Crippen LogP contribution in [0.3, 0.4) is 0 Å². The first-order chi connectivity index (χ1) is 8.56. The van der Waals surface area contributed by atoms with Gasteiger partial charge >= 0.3 is 0 Å². The predicted molar refractivity (Wildman–Crippen MR) is 71.1 cm³/mol. The van der Waals surface area contributed by atoms with Crippen molar-refractivity contribution >= 4 is 12.1 Å². The van der Waals surface area contributed by atoms with E-state index in [0.717, 1.165) is 23.1 Å². The van der Waals surface area contributed by atoms with Crippen LogP contribution >= 0.6 is 0 Å². The second kappa shape index (κ2) is 4.61. The average molecular weight is 241 g/mol. The lowest BCUT2D eigenvalue weighted by atomic mass is 9.95. The summed E-state index contributed by atoms with van der Waals surface area (Å²) in [5.74, 6) is -0.0323. The third kappa shape index (κ3) is 1.88. The zero-order valence-corrected chi connectivity index (χ0v) is 10.7. The molecular weight excluding hydrogens is 226 g/mol. The van der Waals surface area contributed by atoms with E-state index in [4.69, 9.17) is 0 Å². The van der Waals surface area contributed by atoms with Gasteiger partial charge in [0.15, 0.2) is 12.1 Å². The summed E-state index contributed by atoms with van der Waals surface area (Å²) in [6, 6.07) is 7.74. The highest BCUT2D eigenvalue weighted by atomic mass is 16.1. The highest BCUT2D eigenvalue weighted by Crippen LogP contribution is 2.31. The van der Waals surface area contributed by atoms with Crippen LogP contribution in [0, 0.1) is 13.8 Å². The van der Waals surface area contributed by atoms with Crippen molar-refractivity contribution < 1.29 is 9.59 Å². The number of benzene rings is 1. The van der Waals surface area contributed by atoms with Crippen molar-refractivity contribution in [2.24, 2.45) is 0 Å². The number of rotatable bonds is 3. The molecule has 0 unspecified atom stereocenters. The number of aromatic nitrogens is 1. The maximum Gasteiger partial charge on any atom is 0.166 e. The number of H-pyrrole nitrogens is 1. The molecule has 2 aromatic rings. The van der Waals surface area contributed by atoms with Gasteiger partial charge in [-0.3, -0.25) is 9.59 Å². The van der Waals surface area contributed by atoms with Crippen LogP contribution in [0.1, 0.15) is 39.0 Å². The van der Waals surface area contributed by atoms with Crippen LogP contribution in [0.2, 0.25) is 0 Å². The number of hydrogen-bond donors (Lipinski definition) is 1. The fraction of sp³-hybridized carbons (Fsp3) is 0.200. The molecule has 18 heavy (non-hydrogen) atoms. The summed E-state index contributed by atoms with van der Waals surface area (Å²) < 4.78 is 0. The predicted octanol–water partition coefficient (Wildman–Crippen LogP) is 3.31. The molecule has 92 valence electrons. The fourth-order valence-corrected chi connectivity index (χ4v) is 2.31. The molecule has 0 amide bonds. The molecule has 2 rings (SSSR count). The number of carbonyl (C=O) groups is 2. The summed E-state index contributed by atoms with van der Waals surface area (Å²) in [5, 5.41) is 0. The van der Waals surface area contributed by atoms with Gasteiger partial charge in [-0.1, -0.05) is 24.3 Å². The number of ketones is 1. The van der Waals surface area contributed by atoms with Gasteiger partial charge in [-0.25, -0.2) is 0 Å². The Labute approximate surface area is 106 Å². The first kappa shape index (κ1) is 12.3. The van der Waals surface area contributed by atoms with Gasteiger partial charge in [-0.05, 0) is 31.9 Å². The van der Waals surface area contributed by atoms with E-state index in [-0.39, 0.29) is 5.78 Å². The molecule has 1 heterocycles. The third-order valence-electron chi connectivity index (χ3n) is 3.10. The smallest absolute Gasteiger partial charge is 0.166 e. The van der Waals surface area contributed by atoms with E-state index in [0.29, 0.717) is 16.8 Å².